The number of aliphatic hydroxyl groups is 1. The molecule has 2 atom stereocenters. The molecule has 0 aliphatic rings. The lowest BCUT2D eigenvalue weighted by Gasteiger charge is -2.37. The Labute approximate surface area is 108 Å². The summed E-state index contributed by atoms with van der Waals surface area (Å²) < 4.78 is 140. The predicted molar refractivity (Wildman–Crippen MR) is 40.0 cm³/mol. The summed E-state index contributed by atoms with van der Waals surface area (Å²) in [6.07, 6.45) is -19.9. The van der Waals surface area contributed by atoms with Crippen LogP contribution in [0.25, 0.3) is 0 Å². The average Bonchev–Trinajstić information content (AvgIpc) is 2.25. The van der Waals surface area contributed by atoms with E-state index in [4.69, 9.17) is 5.11 Å². The van der Waals surface area contributed by atoms with Crippen LogP contribution in [0.3, 0.4) is 0 Å². The standard InChI is InChI=1S/C7H5F11O3/c8-2-20-4(10,6(14,15)16)7(17,18)21-3(9,1-19)5(11,12)13/h19H,1-2H2. The number of alkyl halides is 11. The minimum atomic E-state index is -6.79. The van der Waals surface area contributed by atoms with Crippen LogP contribution in [0.15, 0.2) is 0 Å². The van der Waals surface area contributed by atoms with E-state index in [1.54, 1.807) is 0 Å². The van der Waals surface area contributed by atoms with Crippen molar-refractivity contribution >= 4 is 0 Å². The van der Waals surface area contributed by atoms with Crippen LogP contribution in [0.1, 0.15) is 0 Å². The molecular weight excluding hydrogens is 341 g/mol. The summed E-state index contributed by atoms with van der Waals surface area (Å²) in [5.74, 6) is -12.2. The maximum Gasteiger partial charge on any atom is 0.458 e. The van der Waals surface area contributed by atoms with E-state index in [1.807, 2.05) is 0 Å². The highest BCUT2D eigenvalue weighted by atomic mass is 19.4. The molecule has 0 saturated heterocycles. The normalized spacial score (nSPS) is 20.0. The third kappa shape index (κ3) is 3.66. The molecule has 2 unspecified atom stereocenters. The molecule has 0 aliphatic heterocycles. The second-order valence-electron chi connectivity index (χ2n) is 3.35. The maximum absolute atomic E-state index is 13.1. The van der Waals surface area contributed by atoms with Crippen molar-refractivity contribution in [2.75, 3.05) is 13.5 Å². The second kappa shape index (κ2) is 5.72. The quantitative estimate of drug-likeness (QED) is 0.752. The van der Waals surface area contributed by atoms with Crippen molar-refractivity contribution in [3.05, 3.63) is 0 Å². The van der Waals surface area contributed by atoms with E-state index in [-0.39, 0.29) is 0 Å². The van der Waals surface area contributed by atoms with Gasteiger partial charge in [-0.15, -0.1) is 0 Å². The molecule has 0 heterocycles. The Kier molecular flexibility index (Phi) is 5.47. The van der Waals surface area contributed by atoms with Crippen LogP contribution >= 0.6 is 0 Å². The molecule has 0 aromatic rings. The Balaban J connectivity index is 5.73. The van der Waals surface area contributed by atoms with E-state index in [0.717, 1.165) is 0 Å². The van der Waals surface area contributed by atoms with Gasteiger partial charge in [-0.05, 0) is 0 Å². The number of hydrogen-bond acceptors (Lipinski definition) is 3. The van der Waals surface area contributed by atoms with Crippen molar-refractivity contribution in [2.24, 2.45) is 0 Å². The minimum absolute atomic E-state index is 2.12. The number of halogens is 11. The van der Waals surface area contributed by atoms with Crippen molar-refractivity contribution in [2.45, 2.75) is 30.2 Å². The number of ether oxygens (including phenoxy) is 2. The molecule has 0 aromatic carbocycles. The summed E-state index contributed by atoms with van der Waals surface area (Å²) in [6.45, 7) is -5.77. The smallest absolute Gasteiger partial charge is 0.390 e. The molecule has 0 radical (unpaired) electrons. The fourth-order valence-electron chi connectivity index (χ4n) is 0.855. The van der Waals surface area contributed by atoms with E-state index in [1.165, 1.54) is 0 Å². The van der Waals surface area contributed by atoms with Crippen LogP contribution in [-0.4, -0.2) is 48.7 Å². The van der Waals surface area contributed by atoms with E-state index in [9.17, 15) is 48.3 Å². The first-order valence-electron chi connectivity index (χ1n) is 4.48. The van der Waals surface area contributed by atoms with Gasteiger partial charge < -0.3 is 9.84 Å². The summed E-state index contributed by atoms with van der Waals surface area (Å²) in [5.41, 5.74) is 0. The van der Waals surface area contributed by atoms with E-state index < -0.39 is 43.6 Å². The van der Waals surface area contributed by atoms with Crippen LogP contribution in [0.5, 0.6) is 0 Å². The Morgan fingerprint density at radius 2 is 1.19 bits per heavy atom. The Hall–Kier alpha value is -0.890. The summed E-state index contributed by atoms with van der Waals surface area (Å²) in [6, 6.07) is 0. The molecule has 14 heteroatoms. The fourth-order valence-corrected chi connectivity index (χ4v) is 0.855. The highest BCUT2D eigenvalue weighted by Gasteiger charge is 2.78. The van der Waals surface area contributed by atoms with Crippen LogP contribution in [-0.2, 0) is 9.47 Å². The first kappa shape index (κ1) is 20.1. The first-order valence-corrected chi connectivity index (χ1v) is 4.48. The van der Waals surface area contributed by atoms with Crippen LogP contribution in [0, 0.1) is 0 Å². The molecule has 0 bridgehead atoms. The fraction of sp³-hybridized carbons (Fsp3) is 1.00. The van der Waals surface area contributed by atoms with Gasteiger partial charge in [-0.3, -0.25) is 4.74 Å². The lowest BCUT2D eigenvalue weighted by atomic mass is 10.2. The number of aliphatic hydroxyl groups excluding tert-OH is 1. The number of rotatable bonds is 6. The lowest BCUT2D eigenvalue weighted by molar-refractivity contribution is -0.508. The molecule has 1 N–H and O–H groups in total. The van der Waals surface area contributed by atoms with Gasteiger partial charge in [0.15, 0.2) is 6.86 Å². The van der Waals surface area contributed by atoms with Gasteiger partial charge in [-0.2, -0.15) is 43.9 Å². The SMILES string of the molecule is OCC(F)(OC(F)(F)C(F)(OCF)C(F)(F)F)C(F)(F)F. The Bertz CT molecular complexity index is 353. The maximum atomic E-state index is 13.1. The molecule has 0 fully saturated rings. The molecule has 128 valence electrons. The van der Waals surface area contributed by atoms with Gasteiger partial charge in [0.1, 0.15) is 6.61 Å². The average molecular weight is 346 g/mol. The first-order chi connectivity index (χ1) is 9.08. The van der Waals surface area contributed by atoms with Gasteiger partial charge in [0.25, 0.3) is 0 Å². The van der Waals surface area contributed by atoms with Crippen molar-refractivity contribution in [3.8, 4) is 0 Å². The Morgan fingerprint density at radius 1 is 0.762 bits per heavy atom. The van der Waals surface area contributed by atoms with E-state index >= 15 is 0 Å². The number of hydrogen-bond donors (Lipinski definition) is 1. The Morgan fingerprint density at radius 3 is 1.43 bits per heavy atom. The second-order valence-corrected chi connectivity index (χ2v) is 3.35. The monoisotopic (exact) mass is 346 g/mol. The van der Waals surface area contributed by atoms with Crippen molar-refractivity contribution in [1.82, 2.24) is 0 Å². The van der Waals surface area contributed by atoms with Crippen LogP contribution in [0.2, 0.25) is 0 Å². The highest BCUT2D eigenvalue weighted by molar-refractivity contribution is 4.90. The molecule has 0 rings (SSSR count). The zero-order chi connectivity index (χ0) is 17.3. The summed E-state index contributed by atoms with van der Waals surface area (Å²) in [7, 11) is 0. The van der Waals surface area contributed by atoms with Gasteiger partial charge in [0.05, 0.1) is 0 Å². The summed E-state index contributed by atoms with van der Waals surface area (Å²) in [5, 5.41) is 8.01. The highest BCUT2D eigenvalue weighted by Crippen LogP contribution is 2.50. The van der Waals surface area contributed by atoms with Gasteiger partial charge in [-0.1, -0.05) is 0 Å². The molecule has 21 heavy (non-hydrogen) atoms. The minimum Gasteiger partial charge on any atom is -0.390 e. The molecule has 0 spiro atoms. The summed E-state index contributed by atoms with van der Waals surface area (Å²) in [4.78, 5) is 0. The largest absolute Gasteiger partial charge is 0.458 e. The van der Waals surface area contributed by atoms with Crippen LogP contribution in [0.4, 0.5) is 48.3 Å². The van der Waals surface area contributed by atoms with Gasteiger partial charge in [0.2, 0.25) is 0 Å². The molecule has 3 nitrogen and oxygen atoms in total. The van der Waals surface area contributed by atoms with Crippen molar-refractivity contribution < 1.29 is 62.9 Å². The molecular formula is C7H5F11O3. The molecule has 0 aromatic heterocycles. The summed E-state index contributed by atoms with van der Waals surface area (Å²) >= 11 is 0. The van der Waals surface area contributed by atoms with Gasteiger partial charge in [0, 0.05) is 0 Å². The topological polar surface area (TPSA) is 38.7 Å². The molecule has 0 saturated carbocycles. The van der Waals surface area contributed by atoms with Gasteiger partial charge >= 0.3 is 30.2 Å². The third-order valence-corrected chi connectivity index (χ3v) is 1.91. The van der Waals surface area contributed by atoms with Crippen molar-refractivity contribution in [3.63, 3.8) is 0 Å². The van der Waals surface area contributed by atoms with Crippen LogP contribution < -0.4 is 0 Å². The zero-order valence-electron chi connectivity index (χ0n) is 9.34. The van der Waals surface area contributed by atoms with E-state index in [0.29, 0.717) is 0 Å². The molecule has 0 amide bonds. The molecule has 0 aliphatic carbocycles. The predicted octanol–water partition coefficient (Wildman–Crippen LogP) is 2.99. The van der Waals surface area contributed by atoms with Crippen molar-refractivity contribution in [1.29, 1.82) is 0 Å². The van der Waals surface area contributed by atoms with Gasteiger partial charge in [-0.25, -0.2) is 4.39 Å². The lowest BCUT2D eigenvalue weighted by Crippen LogP contribution is -2.63. The third-order valence-electron chi connectivity index (χ3n) is 1.91. The zero-order valence-corrected chi connectivity index (χ0v) is 9.34. The van der Waals surface area contributed by atoms with E-state index in [2.05, 4.69) is 9.47 Å².